The van der Waals surface area contributed by atoms with Crippen LogP contribution in [-0.2, 0) is 0 Å². The number of urea groups is 1. The molecule has 6 nitrogen and oxygen atoms in total. The van der Waals surface area contributed by atoms with Crippen molar-refractivity contribution in [2.45, 2.75) is 19.8 Å². The Morgan fingerprint density at radius 1 is 1.12 bits per heavy atom. The van der Waals surface area contributed by atoms with E-state index in [1.807, 2.05) is 36.4 Å². The Balaban J connectivity index is 1.56. The van der Waals surface area contributed by atoms with Crippen LogP contribution in [0, 0.1) is 0 Å². The number of ether oxygens (including phenoxy) is 1. The van der Waals surface area contributed by atoms with Crippen molar-refractivity contribution in [3.63, 3.8) is 0 Å². The van der Waals surface area contributed by atoms with Gasteiger partial charge in [-0.2, -0.15) is 5.10 Å². The molecule has 0 aliphatic heterocycles. The molecule has 24 heavy (non-hydrogen) atoms. The zero-order chi connectivity index (χ0) is 16.8. The van der Waals surface area contributed by atoms with E-state index in [4.69, 9.17) is 4.74 Å². The molecule has 2 heterocycles. The first-order valence-corrected chi connectivity index (χ1v) is 7.99. The lowest BCUT2D eigenvalue weighted by Gasteiger charge is -2.09. The number of carbonyl (C=O) groups is 1. The highest BCUT2D eigenvalue weighted by Crippen LogP contribution is 2.17. The number of pyridine rings is 1. The minimum atomic E-state index is -0.293. The number of benzene rings is 1. The Bertz CT molecular complexity index is 811. The van der Waals surface area contributed by atoms with Crippen molar-refractivity contribution < 1.29 is 9.53 Å². The van der Waals surface area contributed by atoms with Gasteiger partial charge in [-0.25, -0.2) is 9.31 Å². The summed E-state index contributed by atoms with van der Waals surface area (Å²) in [5.74, 6) is 0.806. The first kappa shape index (κ1) is 15.9. The number of carbonyl (C=O) groups excluding carboxylic acids is 1. The molecule has 2 N–H and O–H groups in total. The Morgan fingerprint density at radius 3 is 2.71 bits per heavy atom. The smallest absolute Gasteiger partial charge is 0.323 e. The summed E-state index contributed by atoms with van der Waals surface area (Å²) in [5.41, 5.74) is 2.34. The minimum Gasteiger partial charge on any atom is -0.494 e. The number of rotatable bonds is 6. The maximum Gasteiger partial charge on any atom is 0.323 e. The van der Waals surface area contributed by atoms with Crippen LogP contribution in [0.15, 0.2) is 54.9 Å². The monoisotopic (exact) mass is 324 g/mol. The number of anilines is 2. The average molecular weight is 324 g/mol. The van der Waals surface area contributed by atoms with Crippen LogP contribution in [0.3, 0.4) is 0 Å². The zero-order valence-corrected chi connectivity index (χ0v) is 13.5. The fourth-order valence-corrected chi connectivity index (χ4v) is 2.26. The van der Waals surface area contributed by atoms with E-state index in [0.29, 0.717) is 18.0 Å². The zero-order valence-electron chi connectivity index (χ0n) is 13.5. The van der Waals surface area contributed by atoms with Gasteiger partial charge in [0.1, 0.15) is 5.75 Å². The lowest BCUT2D eigenvalue weighted by Crippen LogP contribution is -2.19. The van der Waals surface area contributed by atoms with Gasteiger partial charge in [0.05, 0.1) is 12.1 Å². The van der Waals surface area contributed by atoms with E-state index in [1.165, 1.54) is 0 Å². The number of hydrogen-bond donors (Lipinski definition) is 2. The van der Waals surface area contributed by atoms with E-state index in [1.54, 1.807) is 23.0 Å². The molecule has 0 spiro atoms. The Morgan fingerprint density at radius 2 is 1.92 bits per heavy atom. The summed E-state index contributed by atoms with van der Waals surface area (Å²) in [6.07, 6.45) is 5.64. The number of nitrogens with one attached hydrogen (secondary N) is 2. The highest BCUT2D eigenvalue weighted by atomic mass is 16.5. The molecule has 0 saturated heterocycles. The first-order chi connectivity index (χ1) is 11.7. The Hall–Kier alpha value is -3.02. The van der Waals surface area contributed by atoms with Crippen molar-refractivity contribution in [2.24, 2.45) is 0 Å². The van der Waals surface area contributed by atoms with E-state index in [9.17, 15) is 4.79 Å². The van der Waals surface area contributed by atoms with E-state index in [-0.39, 0.29) is 6.03 Å². The van der Waals surface area contributed by atoms with Gasteiger partial charge in [-0.1, -0.05) is 13.3 Å². The molecule has 0 bridgehead atoms. The average Bonchev–Trinajstić information content (AvgIpc) is 3.04. The molecule has 6 heteroatoms. The number of amides is 2. The third kappa shape index (κ3) is 4.04. The maximum absolute atomic E-state index is 12.1. The predicted octanol–water partition coefficient (Wildman–Crippen LogP) is 4.16. The second-order valence-corrected chi connectivity index (χ2v) is 5.42. The van der Waals surface area contributed by atoms with E-state index < -0.39 is 0 Å². The third-order valence-corrected chi connectivity index (χ3v) is 3.54. The quantitative estimate of drug-likeness (QED) is 0.669. The van der Waals surface area contributed by atoms with Gasteiger partial charge >= 0.3 is 6.03 Å². The van der Waals surface area contributed by atoms with Crippen LogP contribution in [0.2, 0.25) is 0 Å². The van der Waals surface area contributed by atoms with Gasteiger partial charge in [-0.15, -0.1) is 0 Å². The molecular weight excluding hydrogens is 304 g/mol. The van der Waals surface area contributed by atoms with Crippen LogP contribution in [0.25, 0.3) is 5.52 Å². The molecule has 1 aromatic carbocycles. The second-order valence-electron chi connectivity index (χ2n) is 5.42. The summed E-state index contributed by atoms with van der Waals surface area (Å²) in [6, 6.07) is 12.6. The SMILES string of the molecule is CCCCOc1ccc(NC(=O)Nc2ccn3nccc3c2)cc1. The predicted molar refractivity (Wildman–Crippen MR) is 94.7 cm³/mol. The molecule has 0 aliphatic carbocycles. The maximum atomic E-state index is 12.1. The summed E-state index contributed by atoms with van der Waals surface area (Å²) in [7, 11) is 0. The van der Waals surface area contributed by atoms with Gasteiger partial charge in [0.15, 0.2) is 0 Å². The van der Waals surface area contributed by atoms with Gasteiger partial charge in [0.2, 0.25) is 0 Å². The number of unbranched alkanes of at least 4 members (excludes halogenated alkanes) is 1. The third-order valence-electron chi connectivity index (χ3n) is 3.54. The molecule has 3 aromatic rings. The van der Waals surface area contributed by atoms with Crippen LogP contribution in [0.1, 0.15) is 19.8 Å². The fraction of sp³-hybridized carbons (Fsp3) is 0.222. The topological polar surface area (TPSA) is 67.7 Å². The lowest BCUT2D eigenvalue weighted by molar-refractivity contribution is 0.262. The van der Waals surface area contributed by atoms with Gasteiger partial charge in [-0.05, 0) is 48.9 Å². The van der Waals surface area contributed by atoms with Gasteiger partial charge in [0.25, 0.3) is 0 Å². The highest BCUT2D eigenvalue weighted by Gasteiger charge is 2.04. The first-order valence-electron chi connectivity index (χ1n) is 7.99. The summed E-state index contributed by atoms with van der Waals surface area (Å²) in [4.78, 5) is 12.1. The van der Waals surface area contributed by atoms with Crippen molar-refractivity contribution in [1.82, 2.24) is 9.61 Å². The van der Waals surface area contributed by atoms with Crippen molar-refractivity contribution in [3.8, 4) is 5.75 Å². The minimum absolute atomic E-state index is 0.293. The number of aromatic nitrogens is 2. The molecular formula is C18H20N4O2. The molecule has 0 aliphatic rings. The van der Waals surface area contributed by atoms with Crippen molar-refractivity contribution in [1.29, 1.82) is 0 Å². The second kappa shape index (κ2) is 7.50. The van der Waals surface area contributed by atoms with Crippen molar-refractivity contribution in [3.05, 3.63) is 54.9 Å². The van der Waals surface area contributed by atoms with Crippen LogP contribution >= 0.6 is 0 Å². The highest BCUT2D eigenvalue weighted by molar-refractivity contribution is 6.00. The van der Waals surface area contributed by atoms with E-state index >= 15 is 0 Å². The molecule has 3 rings (SSSR count). The summed E-state index contributed by atoms with van der Waals surface area (Å²) in [6.45, 7) is 2.83. The fourth-order valence-electron chi connectivity index (χ4n) is 2.26. The summed E-state index contributed by atoms with van der Waals surface area (Å²) in [5, 5.41) is 9.72. The van der Waals surface area contributed by atoms with Gasteiger partial charge in [0, 0.05) is 23.8 Å². The Labute approximate surface area is 140 Å². The summed E-state index contributed by atoms with van der Waals surface area (Å²) < 4.78 is 7.34. The van der Waals surface area contributed by atoms with Gasteiger partial charge in [-0.3, -0.25) is 0 Å². The summed E-state index contributed by atoms with van der Waals surface area (Å²) >= 11 is 0. The number of fused-ring (bicyclic) bond motifs is 1. The van der Waals surface area contributed by atoms with E-state index in [2.05, 4.69) is 22.7 Å². The molecule has 2 aromatic heterocycles. The van der Waals surface area contributed by atoms with Crippen molar-refractivity contribution in [2.75, 3.05) is 17.2 Å². The lowest BCUT2D eigenvalue weighted by atomic mass is 10.3. The Kier molecular flexibility index (Phi) is 4.96. The normalized spacial score (nSPS) is 10.5. The van der Waals surface area contributed by atoms with Crippen molar-refractivity contribution >= 4 is 22.9 Å². The standard InChI is InChI=1S/C18H20N4O2/c1-2-3-12-24-17-6-4-14(5-7-17)20-18(23)21-15-9-11-22-16(13-15)8-10-19-22/h4-11,13H,2-3,12H2,1H3,(H2,20,21,23). The van der Waals surface area contributed by atoms with Crippen LogP contribution < -0.4 is 15.4 Å². The molecule has 0 saturated carbocycles. The number of hydrogen-bond acceptors (Lipinski definition) is 3. The van der Waals surface area contributed by atoms with Gasteiger partial charge < -0.3 is 15.4 Å². The van der Waals surface area contributed by atoms with E-state index in [0.717, 1.165) is 24.1 Å². The van der Waals surface area contributed by atoms with Crippen LogP contribution in [0.5, 0.6) is 5.75 Å². The number of nitrogens with zero attached hydrogens (tertiary/aromatic N) is 2. The molecule has 2 amide bonds. The largest absolute Gasteiger partial charge is 0.494 e. The molecule has 0 radical (unpaired) electrons. The van der Waals surface area contributed by atoms with Crippen LogP contribution in [0.4, 0.5) is 16.2 Å². The van der Waals surface area contributed by atoms with Crippen LogP contribution in [-0.4, -0.2) is 22.3 Å². The molecule has 124 valence electrons. The molecule has 0 fully saturated rings. The molecule has 0 unspecified atom stereocenters. The molecule has 0 atom stereocenters.